The number of nitrogens with zero attached hydrogens (tertiary/aromatic N) is 1. The molecule has 0 aliphatic heterocycles. The van der Waals surface area contributed by atoms with Crippen LogP contribution in [0.2, 0.25) is 0 Å². The number of nitrogens with one attached hydrogen (secondary N) is 1. The molecule has 0 fully saturated rings. The molecule has 0 radical (unpaired) electrons. The number of methoxy groups -OCH3 is 2. The van der Waals surface area contributed by atoms with Gasteiger partial charge < -0.3 is 14.4 Å². The van der Waals surface area contributed by atoms with Crippen molar-refractivity contribution < 1.29 is 27.1 Å². The van der Waals surface area contributed by atoms with Gasteiger partial charge >= 0.3 is 0 Å². The summed E-state index contributed by atoms with van der Waals surface area (Å²) in [5.74, 6) is -0.0555. The lowest BCUT2D eigenvalue weighted by atomic mass is 10.2. The SMILES string of the molecule is C=CCN(Cc1ccccc1F)C(=O)CCNS(=O)(=O)c1ccc(OC)c(OC)c1. The van der Waals surface area contributed by atoms with Gasteiger partial charge in [0.15, 0.2) is 11.5 Å². The number of halogens is 1. The molecule has 162 valence electrons. The van der Waals surface area contributed by atoms with Gasteiger partial charge in [0.2, 0.25) is 15.9 Å². The molecule has 0 saturated carbocycles. The molecular formula is C21H25FN2O5S. The number of rotatable bonds is 11. The Morgan fingerprint density at radius 3 is 2.50 bits per heavy atom. The average molecular weight is 437 g/mol. The summed E-state index contributed by atoms with van der Waals surface area (Å²) in [5, 5.41) is 0. The summed E-state index contributed by atoms with van der Waals surface area (Å²) in [6.07, 6.45) is 1.45. The van der Waals surface area contributed by atoms with Crippen LogP contribution in [-0.4, -0.2) is 46.5 Å². The highest BCUT2D eigenvalue weighted by Gasteiger charge is 2.19. The van der Waals surface area contributed by atoms with Crippen molar-refractivity contribution in [2.75, 3.05) is 27.3 Å². The molecule has 1 N–H and O–H groups in total. The number of carbonyl (C=O) groups excluding carboxylic acids is 1. The Morgan fingerprint density at radius 1 is 1.17 bits per heavy atom. The first kappa shape index (κ1) is 23.4. The lowest BCUT2D eigenvalue weighted by Crippen LogP contribution is -2.34. The maximum Gasteiger partial charge on any atom is 0.240 e. The van der Waals surface area contributed by atoms with Gasteiger partial charge in [0.05, 0.1) is 19.1 Å². The molecule has 0 atom stereocenters. The third kappa shape index (κ3) is 6.04. The van der Waals surface area contributed by atoms with E-state index in [0.717, 1.165) is 0 Å². The largest absolute Gasteiger partial charge is 0.493 e. The zero-order valence-electron chi connectivity index (χ0n) is 16.9. The van der Waals surface area contributed by atoms with E-state index in [4.69, 9.17) is 9.47 Å². The molecule has 0 saturated heterocycles. The molecule has 9 heteroatoms. The van der Waals surface area contributed by atoms with Gasteiger partial charge in [-0.1, -0.05) is 24.3 Å². The highest BCUT2D eigenvalue weighted by Crippen LogP contribution is 2.29. The Bertz CT molecular complexity index is 995. The molecule has 1 amide bonds. The highest BCUT2D eigenvalue weighted by atomic mass is 32.2. The van der Waals surface area contributed by atoms with Crippen molar-refractivity contribution in [1.29, 1.82) is 0 Å². The molecular weight excluding hydrogens is 411 g/mol. The van der Waals surface area contributed by atoms with E-state index in [9.17, 15) is 17.6 Å². The molecule has 0 aliphatic rings. The molecule has 2 rings (SSSR count). The molecule has 0 unspecified atom stereocenters. The van der Waals surface area contributed by atoms with Crippen molar-refractivity contribution in [3.8, 4) is 11.5 Å². The fourth-order valence-corrected chi connectivity index (χ4v) is 3.81. The maximum atomic E-state index is 13.9. The van der Waals surface area contributed by atoms with Crippen LogP contribution in [0, 0.1) is 5.82 Å². The van der Waals surface area contributed by atoms with Crippen LogP contribution in [-0.2, 0) is 21.4 Å². The van der Waals surface area contributed by atoms with Gasteiger partial charge in [0.1, 0.15) is 5.82 Å². The molecule has 7 nitrogen and oxygen atoms in total. The van der Waals surface area contributed by atoms with Crippen LogP contribution in [0.25, 0.3) is 0 Å². The van der Waals surface area contributed by atoms with Crippen molar-refractivity contribution >= 4 is 15.9 Å². The second-order valence-electron chi connectivity index (χ2n) is 6.32. The third-order valence-corrected chi connectivity index (χ3v) is 5.78. The quantitative estimate of drug-likeness (QED) is 0.548. The first-order chi connectivity index (χ1) is 14.3. The summed E-state index contributed by atoms with van der Waals surface area (Å²) in [6, 6.07) is 10.4. The molecule has 2 aromatic rings. The van der Waals surface area contributed by atoms with Crippen LogP contribution >= 0.6 is 0 Å². The van der Waals surface area contributed by atoms with Crippen LogP contribution in [0.3, 0.4) is 0 Å². The number of ether oxygens (including phenoxy) is 2. The zero-order chi connectivity index (χ0) is 22.1. The molecule has 0 bridgehead atoms. The van der Waals surface area contributed by atoms with Crippen molar-refractivity contribution in [2.45, 2.75) is 17.9 Å². The highest BCUT2D eigenvalue weighted by molar-refractivity contribution is 7.89. The fraction of sp³-hybridized carbons (Fsp3) is 0.286. The van der Waals surface area contributed by atoms with E-state index >= 15 is 0 Å². The van der Waals surface area contributed by atoms with Crippen LogP contribution in [0.15, 0.2) is 60.0 Å². The number of hydrogen-bond acceptors (Lipinski definition) is 5. The van der Waals surface area contributed by atoms with Crippen LogP contribution in [0.4, 0.5) is 4.39 Å². The number of amides is 1. The smallest absolute Gasteiger partial charge is 0.240 e. The van der Waals surface area contributed by atoms with E-state index in [1.54, 1.807) is 18.2 Å². The zero-order valence-corrected chi connectivity index (χ0v) is 17.7. The van der Waals surface area contributed by atoms with E-state index in [0.29, 0.717) is 11.3 Å². The average Bonchev–Trinajstić information content (AvgIpc) is 2.74. The van der Waals surface area contributed by atoms with Crippen molar-refractivity contribution in [3.05, 3.63) is 66.5 Å². The lowest BCUT2D eigenvalue weighted by molar-refractivity contribution is -0.131. The normalized spacial score (nSPS) is 11.0. The second kappa shape index (κ2) is 10.7. The van der Waals surface area contributed by atoms with Crippen molar-refractivity contribution in [3.63, 3.8) is 0 Å². The Balaban J connectivity index is 2.01. The molecule has 0 spiro atoms. The number of sulfonamides is 1. The van der Waals surface area contributed by atoms with Gasteiger partial charge in [-0.2, -0.15) is 0 Å². The summed E-state index contributed by atoms with van der Waals surface area (Å²) in [7, 11) is -0.996. The monoisotopic (exact) mass is 436 g/mol. The number of hydrogen-bond donors (Lipinski definition) is 1. The van der Waals surface area contributed by atoms with Crippen molar-refractivity contribution in [1.82, 2.24) is 9.62 Å². The number of carbonyl (C=O) groups is 1. The summed E-state index contributed by atoms with van der Waals surface area (Å²) >= 11 is 0. The molecule has 0 heterocycles. The van der Waals surface area contributed by atoms with E-state index in [-0.39, 0.29) is 42.6 Å². The van der Waals surface area contributed by atoms with Gasteiger partial charge in [-0.3, -0.25) is 4.79 Å². The second-order valence-corrected chi connectivity index (χ2v) is 8.09. The minimum Gasteiger partial charge on any atom is -0.493 e. The van der Waals surface area contributed by atoms with E-state index in [2.05, 4.69) is 11.3 Å². The molecule has 0 aliphatic carbocycles. The summed E-state index contributed by atoms with van der Waals surface area (Å²) in [6.45, 7) is 3.79. The third-order valence-electron chi connectivity index (χ3n) is 4.32. The minimum atomic E-state index is -3.85. The Labute approximate surface area is 176 Å². The first-order valence-electron chi connectivity index (χ1n) is 9.16. The van der Waals surface area contributed by atoms with E-state index < -0.39 is 15.8 Å². The van der Waals surface area contributed by atoms with E-state index in [1.165, 1.54) is 49.5 Å². The standard InChI is InChI=1S/C21H25FN2O5S/c1-4-13-24(15-16-7-5-6-8-18(16)22)21(25)11-12-23-30(26,27)17-9-10-19(28-2)20(14-17)29-3/h4-10,14,23H,1,11-13,15H2,2-3H3. The molecule has 2 aromatic carbocycles. The van der Waals surface area contributed by atoms with Gasteiger partial charge in [-0.25, -0.2) is 17.5 Å². The Morgan fingerprint density at radius 2 is 1.87 bits per heavy atom. The molecule has 30 heavy (non-hydrogen) atoms. The summed E-state index contributed by atoms with van der Waals surface area (Å²) in [5.41, 5.74) is 0.374. The topological polar surface area (TPSA) is 84.9 Å². The molecule has 0 aromatic heterocycles. The van der Waals surface area contributed by atoms with Gasteiger partial charge in [-0.05, 0) is 18.2 Å². The Hall–Kier alpha value is -2.91. The Kier molecular flexibility index (Phi) is 8.37. The van der Waals surface area contributed by atoms with Crippen LogP contribution < -0.4 is 14.2 Å². The number of benzene rings is 2. The minimum absolute atomic E-state index is 0.0121. The fourth-order valence-electron chi connectivity index (χ4n) is 2.76. The van der Waals surface area contributed by atoms with Crippen LogP contribution in [0.1, 0.15) is 12.0 Å². The van der Waals surface area contributed by atoms with Gasteiger partial charge in [-0.15, -0.1) is 6.58 Å². The van der Waals surface area contributed by atoms with Gasteiger partial charge in [0, 0.05) is 37.7 Å². The first-order valence-corrected chi connectivity index (χ1v) is 10.6. The summed E-state index contributed by atoms with van der Waals surface area (Å²) < 4.78 is 51.5. The predicted octanol–water partition coefficient (Wildman–Crippen LogP) is 2.73. The summed E-state index contributed by atoms with van der Waals surface area (Å²) in [4.78, 5) is 13.9. The predicted molar refractivity (Wildman–Crippen MR) is 111 cm³/mol. The van der Waals surface area contributed by atoms with Crippen molar-refractivity contribution in [2.24, 2.45) is 0 Å². The maximum absolute atomic E-state index is 13.9. The van der Waals surface area contributed by atoms with Gasteiger partial charge in [0.25, 0.3) is 0 Å². The lowest BCUT2D eigenvalue weighted by Gasteiger charge is -2.21. The van der Waals surface area contributed by atoms with E-state index in [1.807, 2.05) is 0 Å². The van der Waals surface area contributed by atoms with Crippen LogP contribution in [0.5, 0.6) is 11.5 Å².